The molecule has 6 heteroatoms. The molecule has 0 atom stereocenters. The lowest BCUT2D eigenvalue weighted by Gasteiger charge is -2.38. The van der Waals surface area contributed by atoms with Crippen LogP contribution in [0.3, 0.4) is 0 Å². The van der Waals surface area contributed by atoms with Crippen molar-refractivity contribution >= 4 is 17.5 Å². The number of benzene rings is 2. The molecule has 0 radical (unpaired) electrons. The number of amides is 1. The van der Waals surface area contributed by atoms with Crippen LogP contribution in [-0.2, 0) is 10.2 Å². The number of halogens is 1. The summed E-state index contributed by atoms with van der Waals surface area (Å²) in [4.78, 5) is 12.6. The summed E-state index contributed by atoms with van der Waals surface area (Å²) in [5.74, 6) is 1.26. The molecule has 0 bridgehead atoms. The first-order valence-corrected chi connectivity index (χ1v) is 9.30. The van der Waals surface area contributed by atoms with Crippen molar-refractivity contribution in [3.63, 3.8) is 0 Å². The molecular formula is C21H24ClNO4. The van der Waals surface area contributed by atoms with Gasteiger partial charge in [-0.1, -0.05) is 17.7 Å². The van der Waals surface area contributed by atoms with Crippen LogP contribution in [0.15, 0.2) is 42.5 Å². The average Bonchev–Trinajstić information content (AvgIpc) is 2.72. The Bertz CT molecular complexity index is 785. The van der Waals surface area contributed by atoms with Crippen LogP contribution >= 0.6 is 11.6 Å². The summed E-state index contributed by atoms with van der Waals surface area (Å²) in [5.41, 5.74) is 1.49. The van der Waals surface area contributed by atoms with Gasteiger partial charge in [0.25, 0.3) is 5.91 Å². The van der Waals surface area contributed by atoms with Gasteiger partial charge in [0.15, 0.2) is 11.5 Å². The minimum atomic E-state index is -0.208. The molecule has 1 fully saturated rings. The van der Waals surface area contributed by atoms with E-state index in [2.05, 4.69) is 5.32 Å². The van der Waals surface area contributed by atoms with Gasteiger partial charge in [-0.15, -0.1) is 0 Å². The average molecular weight is 390 g/mol. The van der Waals surface area contributed by atoms with E-state index >= 15 is 0 Å². The maximum Gasteiger partial charge on any atom is 0.251 e. The monoisotopic (exact) mass is 389 g/mol. The molecule has 2 aromatic rings. The molecule has 0 spiro atoms. The summed E-state index contributed by atoms with van der Waals surface area (Å²) in [6.07, 6.45) is 1.65. The van der Waals surface area contributed by atoms with Crippen molar-refractivity contribution in [1.29, 1.82) is 0 Å². The third-order valence-electron chi connectivity index (χ3n) is 5.14. The molecule has 27 heavy (non-hydrogen) atoms. The second kappa shape index (κ2) is 8.63. The van der Waals surface area contributed by atoms with Gasteiger partial charge >= 0.3 is 0 Å². The number of ether oxygens (including phenoxy) is 3. The fraction of sp³-hybridized carbons (Fsp3) is 0.381. The highest BCUT2D eigenvalue weighted by molar-refractivity contribution is 6.30. The number of carbonyl (C=O) groups is 1. The highest BCUT2D eigenvalue weighted by Crippen LogP contribution is 2.38. The van der Waals surface area contributed by atoms with Crippen LogP contribution < -0.4 is 14.8 Å². The molecule has 0 unspecified atom stereocenters. The van der Waals surface area contributed by atoms with E-state index in [1.807, 2.05) is 18.2 Å². The highest BCUT2D eigenvalue weighted by Gasteiger charge is 2.35. The minimum Gasteiger partial charge on any atom is -0.493 e. The van der Waals surface area contributed by atoms with Gasteiger partial charge in [0.2, 0.25) is 0 Å². The van der Waals surface area contributed by atoms with Crippen molar-refractivity contribution in [2.24, 2.45) is 0 Å². The molecule has 5 nitrogen and oxygen atoms in total. The second-order valence-electron chi connectivity index (χ2n) is 6.65. The predicted molar refractivity (Wildman–Crippen MR) is 105 cm³/mol. The van der Waals surface area contributed by atoms with Crippen molar-refractivity contribution in [3.8, 4) is 11.5 Å². The maximum absolute atomic E-state index is 12.6. The Morgan fingerprint density at radius 1 is 1.07 bits per heavy atom. The van der Waals surface area contributed by atoms with E-state index in [1.165, 1.54) is 0 Å². The molecule has 1 aliphatic rings. The fourth-order valence-corrected chi connectivity index (χ4v) is 3.57. The molecule has 1 N–H and O–H groups in total. The quantitative estimate of drug-likeness (QED) is 0.815. The number of nitrogens with one attached hydrogen (secondary N) is 1. The van der Waals surface area contributed by atoms with E-state index in [1.54, 1.807) is 38.5 Å². The van der Waals surface area contributed by atoms with Crippen LogP contribution in [0.4, 0.5) is 0 Å². The standard InChI is InChI=1S/C21H24ClNO4/c1-25-18-8-5-16(13-19(18)26-2)21(9-11-27-12-10-21)14-23-20(24)15-3-6-17(22)7-4-15/h3-8,13H,9-12,14H2,1-2H3,(H,23,24). The van der Waals surface area contributed by atoms with E-state index in [0.717, 1.165) is 18.4 Å². The van der Waals surface area contributed by atoms with Crippen molar-refractivity contribution in [2.45, 2.75) is 18.3 Å². The van der Waals surface area contributed by atoms with Gasteiger partial charge in [0.1, 0.15) is 0 Å². The molecule has 0 saturated carbocycles. The highest BCUT2D eigenvalue weighted by atomic mass is 35.5. The first-order chi connectivity index (χ1) is 13.1. The van der Waals surface area contributed by atoms with E-state index in [4.69, 9.17) is 25.8 Å². The zero-order chi connectivity index (χ0) is 19.3. The molecule has 2 aromatic carbocycles. The molecule has 144 valence electrons. The summed E-state index contributed by atoms with van der Waals surface area (Å²) < 4.78 is 16.4. The molecule has 1 heterocycles. The Hall–Kier alpha value is -2.24. The molecule has 3 rings (SSSR count). The smallest absolute Gasteiger partial charge is 0.251 e. The van der Waals surface area contributed by atoms with E-state index in [0.29, 0.717) is 41.8 Å². The summed E-state index contributed by atoms with van der Waals surface area (Å²) in [5, 5.41) is 3.69. The van der Waals surface area contributed by atoms with Gasteiger partial charge in [-0.05, 0) is 54.8 Å². The van der Waals surface area contributed by atoms with Crippen molar-refractivity contribution in [1.82, 2.24) is 5.32 Å². The number of hydrogen-bond donors (Lipinski definition) is 1. The number of methoxy groups -OCH3 is 2. The van der Waals surface area contributed by atoms with E-state index in [-0.39, 0.29) is 11.3 Å². The van der Waals surface area contributed by atoms with Crippen LogP contribution in [-0.4, -0.2) is 39.9 Å². The fourth-order valence-electron chi connectivity index (χ4n) is 3.45. The first kappa shape index (κ1) is 19.5. The second-order valence-corrected chi connectivity index (χ2v) is 7.09. The van der Waals surface area contributed by atoms with Gasteiger partial charge in [-0.2, -0.15) is 0 Å². The van der Waals surface area contributed by atoms with Gasteiger partial charge in [-0.25, -0.2) is 0 Å². The van der Waals surface area contributed by atoms with Gasteiger partial charge in [-0.3, -0.25) is 4.79 Å². The lowest BCUT2D eigenvalue weighted by Crippen LogP contribution is -2.44. The van der Waals surface area contributed by atoms with Crippen LogP contribution in [0.25, 0.3) is 0 Å². The molecular weight excluding hydrogens is 366 g/mol. The Morgan fingerprint density at radius 3 is 2.37 bits per heavy atom. The normalized spacial score (nSPS) is 15.8. The topological polar surface area (TPSA) is 56.8 Å². The number of carbonyl (C=O) groups excluding carboxylic acids is 1. The van der Waals surface area contributed by atoms with Gasteiger partial charge in [0, 0.05) is 35.8 Å². The molecule has 1 aliphatic heterocycles. The lowest BCUT2D eigenvalue weighted by atomic mass is 9.74. The van der Waals surface area contributed by atoms with Crippen LogP contribution in [0.5, 0.6) is 11.5 Å². The Balaban J connectivity index is 1.82. The summed E-state index contributed by atoms with van der Waals surface area (Å²) >= 11 is 5.90. The molecule has 0 aromatic heterocycles. The predicted octanol–water partition coefficient (Wildman–Crippen LogP) is 3.84. The number of hydrogen-bond acceptors (Lipinski definition) is 4. The lowest BCUT2D eigenvalue weighted by molar-refractivity contribution is 0.0486. The maximum atomic E-state index is 12.6. The van der Waals surface area contributed by atoms with E-state index in [9.17, 15) is 4.79 Å². The Morgan fingerprint density at radius 2 is 1.74 bits per heavy atom. The first-order valence-electron chi connectivity index (χ1n) is 8.92. The van der Waals surface area contributed by atoms with Crippen LogP contribution in [0, 0.1) is 0 Å². The van der Waals surface area contributed by atoms with Crippen molar-refractivity contribution < 1.29 is 19.0 Å². The third-order valence-corrected chi connectivity index (χ3v) is 5.39. The Kier molecular flexibility index (Phi) is 6.24. The largest absolute Gasteiger partial charge is 0.493 e. The third kappa shape index (κ3) is 4.37. The van der Waals surface area contributed by atoms with Crippen LogP contribution in [0.1, 0.15) is 28.8 Å². The van der Waals surface area contributed by atoms with Crippen LogP contribution in [0.2, 0.25) is 5.02 Å². The summed E-state index contributed by atoms with van der Waals surface area (Å²) in [6.45, 7) is 1.84. The van der Waals surface area contributed by atoms with Crippen molar-refractivity contribution in [3.05, 3.63) is 58.6 Å². The molecule has 0 aliphatic carbocycles. The minimum absolute atomic E-state index is 0.113. The van der Waals surface area contributed by atoms with E-state index < -0.39 is 0 Å². The van der Waals surface area contributed by atoms with Gasteiger partial charge in [0.05, 0.1) is 14.2 Å². The number of rotatable bonds is 6. The molecule has 1 amide bonds. The Labute approximate surface area is 164 Å². The SMILES string of the molecule is COc1ccc(C2(CNC(=O)c3ccc(Cl)cc3)CCOCC2)cc1OC. The zero-order valence-electron chi connectivity index (χ0n) is 15.6. The van der Waals surface area contributed by atoms with Gasteiger partial charge < -0.3 is 19.5 Å². The molecule has 1 saturated heterocycles. The van der Waals surface area contributed by atoms with Crippen molar-refractivity contribution in [2.75, 3.05) is 34.0 Å². The summed E-state index contributed by atoms with van der Waals surface area (Å²) in [6, 6.07) is 12.8. The zero-order valence-corrected chi connectivity index (χ0v) is 16.3. The summed E-state index contributed by atoms with van der Waals surface area (Å²) in [7, 11) is 3.24.